The van der Waals surface area contributed by atoms with Gasteiger partial charge >= 0.3 is 0 Å². The number of nitro groups is 1. The van der Waals surface area contributed by atoms with E-state index in [9.17, 15) is 14.9 Å². The number of nitro benzene ring substituents is 1. The Kier molecular flexibility index (Phi) is 4.76. The minimum Gasteiger partial charge on any atom is -0.381 e. The van der Waals surface area contributed by atoms with E-state index in [2.05, 4.69) is 5.32 Å². The van der Waals surface area contributed by atoms with Gasteiger partial charge in [-0.25, -0.2) is 0 Å². The van der Waals surface area contributed by atoms with Gasteiger partial charge in [0.05, 0.1) is 10.3 Å². The van der Waals surface area contributed by atoms with Crippen LogP contribution in [0.15, 0.2) is 18.2 Å². The van der Waals surface area contributed by atoms with Gasteiger partial charge in [-0.3, -0.25) is 14.9 Å². The highest BCUT2D eigenvalue weighted by Gasteiger charge is 2.39. The lowest BCUT2D eigenvalue weighted by Crippen LogP contribution is -2.46. The zero-order valence-electron chi connectivity index (χ0n) is 11.3. The van der Waals surface area contributed by atoms with E-state index in [-0.39, 0.29) is 23.8 Å². The minimum absolute atomic E-state index is 0.0804. The monoisotopic (exact) mass is 313 g/mol. The number of halogens is 1. The maximum Gasteiger partial charge on any atom is 0.292 e. The Bertz CT molecular complexity index is 558. The van der Waals surface area contributed by atoms with E-state index in [1.54, 1.807) is 0 Å². The van der Waals surface area contributed by atoms with Crippen LogP contribution in [0.1, 0.15) is 12.8 Å². The fraction of sp³-hybridized carbons (Fsp3) is 0.462. The Morgan fingerprint density at radius 1 is 1.48 bits per heavy atom. The van der Waals surface area contributed by atoms with Gasteiger partial charge in [0.25, 0.3) is 5.69 Å². The average molecular weight is 314 g/mol. The van der Waals surface area contributed by atoms with E-state index in [1.807, 2.05) is 0 Å². The second-order valence-electron chi connectivity index (χ2n) is 4.97. The standard InChI is InChI=1S/C13H16ClN3O4/c14-9-1-2-11(17(19)20)10(7-9)16-12(18)13(8-15)3-5-21-6-4-13/h1-2,7H,3-6,8,15H2,(H,16,18). The highest BCUT2D eigenvalue weighted by Crippen LogP contribution is 2.33. The molecule has 0 unspecified atom stereocenters. The smallest absolute Gasteiger partial charge is 0.292 e. The summed E-state index contributed by atoms with van der Waals surface area (Å²) in [4.78, 5) is 22.9. The number of hydrogen-bond donors (Lipinski definition) is 2. The second kappa shape index (κ2) is 6.38. The van der Waals surface area contributed by atoms with Crippen molar-refractivity contribution in [1.82, 2.24) is 0 Å². The number of amides is 1. The molecule has 1 amide bonds. The van der Waals surface area contributed by atoms with Crippen LogP contribution in [0.25, 0.3) is 0 Å². The van der Waals surface area contributed by atoms with Crippen LogP contribution in [0.2, 0.25) is 5.02 Å². The number of nitrogens with zero attached hydrogens (tertiary/aromatic N) is 1. The molecule has 8 heteroatoms. The summed E-state index contributed by atoms with van der Waals surface area (Å²) in [5.41, 5.74) is 4.87. The molecule has 1 aliphatic heterocycles. The van der Waals surface area contributed by atoms with Crippen LogP contribution < -0.4 is 11.1 Å². The number of nitrogens with one attached hydrogen (secondary N) is 1. The van der Waals surface area contributed by atoms with E-state index in [1.165, 1.54) is 18.2 Å². The molecule has 0 bridgehead atoms. The van der Waals surface area contributed by atoms with Crippen LogP contribution in [0, 0.1) is 15.5 Å². The summed E-state index contributed by atoms with van der Waals surface area (Å²) in [6.45, 7) is 1.06. The van der Waals surface area contributed by atoms with E-state index >= 15 is 0 Å². The van der Waals surface area contributed by atoms with Gasteiger partial charge in [0.15, 0.2) is 0 Å². The molecule has 21 heavy (non-hydrogen) atoms. The Balaban J connectivity index is 2.26. The molecule has 1 heterocycles. The number of anilines is 1. The molecule has 0 aromatic heterocycles. The predicted molar refractivity (Wildman–Crippen MR) is 78.3 cm³/mol. The molecular weight excluding hydrogens is 298 g/mol. The van der Waals surface area contributed by atoms with Crippen molar-refractivity contribution in [2.24, 2.45) is 11.1 Å². The van der Waals surface area contributed by atoms with Gasteiger partial charge in [-0.15, -0.1) is 0 Å². The molecule has 3 N–H and O–H groups in total. The molecular formula is C13H16ClN3O4. The lowest BCUT2D eigenvalue weighted by molar-refractivity contribution is -0.383. The van der Waals surface area contributed by atoms with Crippen LogP contribution in [0.5, 0.6) is 0 Å². The van der Waals surface area contributed by atoms with Gasteiger partial charge in [-0.2, -0.15) is 0 Å². The van der Waals surface area contributed by atoms with Crippen molar-refractivity contribution in [3.8, 4) is 0 Å². The molecule has 0 spiro atoms. The third kappa shape index (κ3) is 3.31. The van der Waals surface area contributed by atoms with Crippen LogP contribution in [-0.2, 0) is 9.53 Å². The van der Waals surface area contributed by atoms with Crippen molar-refractivity contribution in [2.75, 3.05) is 25.1 Å². The Labute approximate surface area is 126 Å². The summed E-state index contributed by atoms with van der Waals surface area (Å²) >= 11 is 5.84. The Morgan fingerprint density at radius 2 is 2.14 bits per heavy atom. The van der Waals surface area contributed by atoms with Gasteiger partial charge in [-0.1, -0.05) is 11.6 Å². The molecule has 1 fully saturated rings. The fourth-order valence-corrected chi connectivity index (χ4v) is 2.48. The lowest BCUT2D eigenvalue weighted by atomic mass is 9.79. The Hall–Kier alpha value is -1.70. The van der Waals surface area contributed by atoms with Crippen molar-refractivity contribution < 1.29 is 14.5 Å². The molecule has 1 aliphatic rings. The van der Waals surface area contributed by atoms with Crippen LogP contribution >= 0.6 is 11.6 Å². The molecule has 1 saturated heterocycles. The van der Waals surface area contributed by atoms with Crippen molar-refractivity contribution in [3.05, 3.63) is 33.3 Å². The first-order valence-corrected chi connectivity index (χ1v) is 6.89. The maximum absolute atomic E-state index is 12.5. The molecule has 1 aromatic carbocycles. The molecule has 0 saturated carbocycles. The molecule has 0 atom stereocenters. The van der Waals surface area contributed by atoms with Crippen molar-refractivity contribution in [3.63, 3.8) is 0 Å². The fourth-order valence-electron chi connectivity index (χ4n) is 2.31. The van der Waals surface area contributed by atoms with E-state index < -0.39 is 10.3 Å². The number of rotatable bonds is 4. The van der Waals surface area contributed by atoms with Crippen molar-refractivity contribution >= 4 is 28.9 Å². The summed E-state index contributed by atoms with van der Waals surface area (Å²) in [6.07, 6.45) is 0.980. The van der Waals surface area contributed by atoms with Crippen LogP contribution in [-0.4, -0.2) is 30.6 Å². The summed E-state index contributed by atoms with van der Waals surface area (Å²) in [5, 5.41) is 13.9. The van der Waals surface area contributed by atoms with Crippen LogP contribution in [0.3, 0.4) is 0 Å². The normalized spacial score (nSPS) is 17.2. The number of benzene rings is 1. The summed E-state index contributed by atoms with van der Waals surface area (Å²) in [7, 11) is 0. The zero-order chi connectivity index (χ0) is 15.5. The minimum atomic E-state index is -0.756. The predicted octanol–water partition coefficient (Wildman–Crippen LogP) is 1.94. The lowest BCUT2D eigenvalue weighted by Gasteiger charge is -2.34. The second-order valence-corrected chi connectivity index (χ2v) is 5.41. The van der Waals surface area contributed by atoms with Gasteiger partial charge in [0, 0.05) is 30.8 Å². The summed E-state index contributed by atoms with van der Waals surface area (Å²) in [6, 6.07) is 4.03. The highest BCUT2D eigenvalue weighted by molar-refractivity contribution is 6.31. The first-order valence-electron chi connectivity index (χ1n) is 6.52. The van der Waals surface area contributed by atoms with Crippen LogP contribution in [0.4, 0.5) is 11.4 Å². The first kappa shape index (κ1) is 15.7. The number of ether oxygens (including phenoxy) is 1. The third-order valence-corrected chi connectivity index (χ3v) is 3.96. The number of carbonyl (C=O) groups is 1. The molecule has 1 aromatic rings. The number of carbonyl (C=O) groups excluding carboxylic acids is 1. The van der Waals surface area contributed by atoms with Crippen molar-refractivity contribution in [2.45, 2.75) is 12.8 Å². The maximum atomic E-state index is 12.5. The molecule has 0 radical (unpaired) electrons. The summed E-state index contributed by atoms with van der Waals surface area (Å²) < 4.78 is 5.24. The van der Waals surface area contributed by atoms with Crippen molar-refractivity contribution in [1.29, 1.82) is 0 Å². The number of nitrogens with two attached hydrogens (primary N) is 1. The zero-order valence-corrected chi connectivity index (χ0v) is 12.1. The number of hydrogen-bond acceptors (Lipinski definition) is 5. The van der Waals surface area contributed by atoms with Gasteiger partial charge in [0.1, 0.15) is 5.69 Å². The van der Waals surface area contributed by atoms with Gasteiger partial charge in [0.2, 0.25) is 5.91 Å². The third-order valence-electron chi connectivity index (χ3n) is 3.73. The average Bonchev–Trinajstić information content (AvgIpc) is 2.47. The van der Waals surface area contributed by atoms with Gasteiger partial charge < -0.3 is 15.8 Å². The SMILES string of the molecule is NCC1(C(=O)Nc2cc(Cl)ccc2[N+](=O)[O-])CCOCC1. The molecule has 7 nitrogen and oxygen atoms in total. The molecule has 114 valence electrons. The largest absolute Gasteiger partial charge is 0.381 e. The first-order chi connectivity index (χ1) is 9.98. The molecule has 2 rings (SSSR count). The highest BCUT2D eigenvalue weighted by atomic mass is 35.5. The Morgan fingerprint density at radius 3 is 2.71 bits per heavy atom. The summed E-state index contributed by atoms with van der Waals surface area (Å²) in [5.74, 6) is -0.335. The van der Waals surface area contributed by atoms with E-state index in [0.29, 0.717) is 31.1 Å². The van der Waals surface area contributed by atoms with E-state index in [4.69, 9.17) is 22.1 Å². The van der Waals surface area contributed by atoms with E-state index in [0.717, 1.165) is 0 Å². The molecule has 0 aliphatic carbocycles. The van der Waals surface area contributed by atoms with Gasteiger partial charge in [-0.05, 0) is 25.0 Å². The quantitative estimate of drug-likeness (QED) is 0.652. The topological polar surface area (TPSA) is 107 Å².